The standard InChI is InChI=1S/C14H32N2O3S2/c1-4-5-6-7-8-11-14-21(18,19)15-20(17)13-10-9-12-16(2)3/h15H,4-14H2,1-3H3. The van der Waals surface area contributed by atoms with Gasteiger partial charge in [0.05, 0.1) is 5.75 Å². The van der Waals surface area contributed by atoms with Crippen LogP contribution in [0.1, 0.15) is 58.3 Å². The second-order valence-electron chi connectivity index (χ2n) is 5.73. The summed E-state index contributed by atoms with van der Waals surface area (Å²) in [6, 6.07) is 0. The molecule has 7 heteroatoms. The smallest absolute Gasteiger partial charge is 0.222 e. The summed E-state index contributed by atoms with van der Waals surface area (Å²) in [6.07, 6.45) is 7.92. The summed E-state index contributed by atoms with van der Waals surface area (Å²) in [5.74, 6) is 0.478. The molecule has 0 aromatic heterocycles. The second-order valence-corrected chi connectivity index (χ2v) is 9.13. The molecule has 1 N–H and O–H groups in total. The molecule has 128 valence electrons. The number of nitrogens with zero attached hydrogens (tertiary/aromatic N) is 1. The molecule has 0 aliphatic rings. The van der Waals surface area contributed by atoms with Crippen molar-refractivity contribution in [2.75, 3.05) is 32.1 Å². The zero-order valence-corrected chi connectivity index (χ0v) is 15.4. The Bertz CT molecular complexity index is 370. The van der Waals surface area contributed by atoms with Crippen LogP contribution in [-0.4, -0.2) is 49.7 Å². The second kappa shape index (κ2) is 12.6. The molecule has 5 nitrogen and oxygen atoms in total. The van der Waals surface area contributed by atoms with E-state index in [4.69, 9.17) is 0 Å². The van der Waals surface area contributed by atoms with E-state index in [2.05, 4.69) is 16.0 Å². The fourth-order valence-electron chi connectivity index (χ4n) is 1.96. The molecule has 0 saturated carbocycles. The molecule has 0 aliphatic heterocycles. The number of rotatable bonds is 14. The van der Waals surface area contributed by atoms with E-state index in [9.17, 15) is 12.6 Å². The van der Waals surface area contributed by atoms with Gasteiger partial charge in [-0.2, -0.15) is 0 Å². The van der Waals surface area contributed by atoms with Crippen LogP contribution in [0.15, 0.2) is 0 Å². The lowest BCUT2D eigenvalue weighted by atomic mass is 10.1. The van der Waals surface area contributed by atoms with Gasteiger partial charge in [0.25, 0.3) is 0 Å². The highest BCUT2D eigenvalue weighted by Gasteiger charge is 2.13. The molecule has 1 atom stereocenters. The average molecular weight is 341 g/mol. The molecule has 0 fully saturated rings. The summed E-state index contributed by atoms with van der Waals surface area (Å²) in [5.41, 5.74) is 0. The third-order valence-electron chi connectivity index (χ3n) is 3.17. The minimum absolute atomic E-state index is 0.0859. The van der Waals surface area contributed by atoms with E-state index in [0.29, 0.717) is 12.2 Å². The predicted octanol–water partition coefficient (Wildman–Crippen LogP) is 2.27. The minimum atomic E-state index is -3.39. The van der Waals surface area contributed by atoms with Gasteiger partial charge in [0, 0.05) is 5.75 Å². The fourth-order valence-corrected chi connectivity index (χ4v) is 4.81. The summed E-state index contributed by atoms with van der Waals surface area (Å²) in [6.45, 7) is 3.09. The van der Waals surface area contributed by atoms with Crippen LogP contribution >= 0.6 is 0 Å². The molecule has 0 rings (SSSR count). The molecule has 0 aromatic rings. The van der Waals surface area contributed by atoms with Crippen molar-refractivity contribution in [3.05, 3.63) is 0 Å². The Morgan fingerprint density at radius 2 is 1.57 bits per heavy atom. The van der Waals surface area contributed by atoms with Gasteiger partial charge < -0.3 is 4.90 Å². The Labute approximate surface area is 133 Å². The van der Waals surface area contributed by atoms with Gasteiger partial charge in [-0.3, -0.25) is 0 Å². The summed E-state index contributed by atoms with van der Waals surface area (Å²) in [4.78, 5) is 2.06. The van der Waals surface area contributed by atoms with E-state index in [1.54, 1.807) is 0 Å². The van der Waals surface area contributed by atoms with Crippen LogP contribution in [0.25, 0.3) is 0 Å². The highest BCUT2D eigenvalue weighted by atomic mass is 32.3. The van der Waals surface area contributed by atoms with Crippen molar-refractivity contribution in [1.82, 2.24) is 9.03 Å². The van der Waals surface area contributed by atoms with Gasteiger partial charge in [-0.25, -0.2) is 12.6 Å². The van der Waals surface area contributed by atoms with Crippen LogP contribution in [0.5, 0.6) is 0 Å². The number of unbranched alkanes of at least 4 members (excludes halogenated alkanes) is 6. The zero-order chi connectivity index (χ0) is 16.1. The van der Waals surface area contributed by atoms with E-state index in [1.165, 1.54) is 19.3 Å². The van der Waals surface area contributed by atoms with Crippen molar-refractivity contribution < 1.29 is 12.6 Å². The van der Waals surface area contributed by atoms with Gasteiger partial charge in [0.2, 0.25) is 10.0 Å². The maximum absolute atomic E-state index is 11.8. The van der Waals surface area contributed by atoms with Gasteiger partial charge >= 0.3 is 0 Å². The lowest BCUT2D eigenvalue weighted by Crippen LogP contribution is -2.30. The molecular weight excluding hydrogens is 308 g/mol. The normalized spacial score (nSPS) is 13.7. The summed E-state index contributed by atoms with van der Waals surface area (Å²) >= 11 is 0. The first-order valence-electron chi connectivity index (χ1n) is 7.90. The van der Waals surface area contributed by atoms with Crippen molar-refractivity contribution >= 4 is 21.0 Å². The molecule has 0 aliphatic carbocycles. The first-order chi connectivity index (χ1) is 9.87. The predicted molar refractivity (Wildman–Crippen MR) is 91.1 cm³/mol. The summed E-state index contributed by atoms with van der Waals surface area (Å²) < 4.78 is 37.5. The fraction of sp³-hybridized carbons (Fsp3) is 1.00. The maximum atomic E-state index is 11.8. The Morgan fingerprint density at radius 3 is 2.19 bits per heavy atom. The van der Waals surface area contributed by atoms with Gasteiger partial charge in [-0.05, 0) is 39.9 Å². The van der Waals surface area contributed by atoms with E-state index in [-0.39, 0.29) is 5.75 Å². The lowest BCUT2D eigenvalue weighted by Gasteiger charge is -2.09. The highest BCUT2D eigenvalue weighted by Crippen LogP contribution is 2.06. The van der Waals surface area contributed by atoms with E-state index >= 15 is 0 Å². The minimum Gasteiger partial charge on any atom is -0.309 e. The summed E-state index contributed by atoms with van der Waals surface area (Å²) in [7, 11) is -0.886. The molecule has 0 spiro atoms. The van der Waals surface area contributed by atoms with E-state index in [1.807, 2.05) is 14.1 Å². The molecule has 0 saturated heterocycles. The van der Waals surface area contributed by atoms with Gasteiger partial charge in [0.1, 0.15) is 11.0 Å². The first-order valence-corrected chi connectivity index (χ1v) is 10.9. The molecule has 0 heterocycles. The Kier molecular flexibility index (Phi) is 12.6. The first kappa shape index (κ1) is 21.0. The van der Waals surface area contributed by atoms with Crippen molar-refractivity contribution in [3.63, 3.8) is 0 Å². The Morgan fingerprint density at radius 1 is 0.952 bits per heavy atom. The molecule has 0 radical (unpaired) electrons. The molecule has 0 bridgehead atoms. The van der Waals surface area contributed by atoms with Crippen LogP contribution in [-0.2, 0) is 21.0 Å². The monoisotopic (exact) mass is 340 g/mol. The van der Waals surface area contributed by atoms with Crippen LogP contribution in [0.3, 0.4) is 0 Å². The molecule has 1 unspecified atom stereocenters. The Hall–Kier alpha value is 0.0200. The van der Waals surface area contributed by atoms with Gasteiger partial charge in [0.15, 0.2) is 0 Å². The van der Waals surface area contributed by atoms with Crippen molar-refractivity contribution in [2.24, 2.45) is 0 Å². The largest absolute Gasteiger partial charge is 0.309 e. The SMILES string of the molecule is CCCCCCCCS(=O)(=O)NS(=O)CCCCN(C)C. The molecule has 0 aromatic carbocycles. The third kappa shape index (κ3) is 14.7. The van der Waals surface area contributed by atoms with Crippen LogP contribution in [0, 0.1) is 0 Å². The van der Waals surface area contributed by atoms with Crippen LogP contribution < -0.4 is 4.13 Å². The van der Waals surface area contributed by atoms with Gasteiger partial charge in [-0.15, -0.1) is 4.13 Å². The number of nitrogens with one attached hydrogen (secondary N) is 1. The van der Waals surface area contributed by atoms with E-state index < -0.39 is 21.0 Å². The highest BCUT2D eigenvalue weighted by molar-refractivity contribution is 8.01. The third-order valence-corrected chi connectivity index (χ3v) is 6.42. The van der Waals surface area contributed by atoms with Gasteiger partial charge in [-0.1, -0.05) is 39.0 Å². The quantitative estimate of drug-likeness (QED) is 0.493. The number of hydrogen-bond donors (Lipinski definition) is 1. The number of sulfonamides is 1. The maximum Gasteiger partial charge on any atom is 0.222 e. The van der Waals surface area contributed by atoms with Crippen molar-refractivity contribution in [3.8, 4) is 0 Å². The number of hydrogen-bond acceptors (Lipinski definition) is 4. The lowest BCUT2D eigenvalue weighted by molar-refractivity contribution is 0.398. The summed E-state index contributed by atoms with van der Waals surface area (Å²) in [5, 5.41) is 0. The average Bonchev–Trinajstić information content (AvgIpc) is 2.38. The van der Waals surface area contributed by atoms with Crippen molar-refractivity contribution in [2.45, 2.75) is 58.3 Å². The zero-order valence-electron chi connectivity index (χ0n) is 13.8. The van der Waals surface area contributed by atoms with E-state index in [0.717, 1.165) is 32.2 Å². The Balaban J connectivity index is 3.72. The molecule has 21 heavy (non-hydrogen) atoms. The van der Waals surface area contributed by atoms with Crippen LogP contribution in [0.2, 0.25) is 0 Å². The molecular formula is C14H32N2O3S2. The van der Waals surface area contributed by atoms with Crippen LogP contribution in [0.4, 0.5) is 0 Å². The van der Waals surface area contributed by atoms with Crippen molar-refractivity contribution in [1.29, 1.82) is 0 Å². The molecule has 0 amide bonds. The topological polar surface area (TPSA) is 66.5 Å².